The van der Waals surface area contributed by atoms with Crippen molar-refractivity contribution >= 4 is 17.4 Å². The Morgan fingerprint density at radius 1 is 1.05 bits per heavy atom. The van der Waals surface area contributed by atoms with Gasteiger partial charge in [0.25, 0.3) is 0 Å². The van der Waals surface area contributed by atoms with Crippen LogP contribution in [0.5, 0.6) is 0 Å². The zero-order valence-electron chi connectivity index (χ0n) is 12.8. The summed E-state index contributed by atoms with van der Waals surface area (Å²) in [5.74, 6) is 0.153. The van der Waals surface area contributed by atoms with Crippen molar-refractivity contribution in [2.24, 2.45) is 0 Å². The average molecular weight is 301 g/mol. The van der Waals surface area contributed by atoms with Crippen LogP contribution in [0.4, 0.5) is 0 Å². The molecule has 110 valence electrons. The summed E-state index contributed by atoms with van der Waals surface area (Å²) in [5.41, 5.74) is 2.29. The number of hydrogen-bond donors (Lipinski definition) is 0. The molecular formula is C19H21ClO. The van der Waals surface area contributed by atoms with Gasteiger partial charge in [-0.15, -0.1) is 0 Å². The summed E-state index contributed by atoms with van der Waals surface area (Å²) < 4.78 is 0. The quantitative estimate of drug-likeness (QED) is 0.658. The Balaban J connectivity index is 2.52. The number of benzene rings is 2. The fourth-order valence-corrected chi connectivity index (χ4v) is 3.06. The first-order chi connectivity index (χ1) is 10.0. The smallest absolute Gasteiger partial charge is 0.173 e. The van der Waals surface area contributed by atoms with E-state index in [0.29, 0.717) is 10.6 Å². The largest absolute Gasteiger partial charge is 0.293 e. The summed E-state index contributed by atoms with van der Waals surface area (Å²) in [5, 5.41) is 0.648. The molecule has 0 unspecified atom stereocenters. The van der Waals surface area contributed by atoms with E-state index >= 15 is 0 Å². The molecule has 0 saturated carbocycles. The van der Waals surface area contributed by atoms with E-state index < -0.39 is 5.41 Å². The molecule has 0 aliphatic heterocycles. The second kappa shape index (κ2) is 6.44. The molecule has 0 aliphatic rings. The Labute approximate surface area is 132 Å². The number of carbonyl (C=O) groups excluding carboxylic acids is 1. The van der Waals surface area contributed by atoms with Gasteiger partial charge in [0, 0.05) is 10.6 Å². The Morgan fingerprint density at radius 2 is 1.67 bits per heavy atom. The molecule has 0 saturated heterocycles. The Morgan fingerprint density at radius 3 is 2.19 bits per heavy atom. The first kappa shape index (κ1) is 15.8. The van der Waals surface area contributed by atoms with Gasteiger partial charge in [-0.3, -0.25) is 4.79 Å². The van der Waals surface area contributed by atoms with E-state index in [0.717, 1.165) is 24.0 Å². The van der Waals surface area contributed by atoms with Crippen LogP contribution in [0.25, 0.3) is 0 Å². The standard InChI is InChI=1S/C19H21ClO/c1-4-19(5-2,16-9-7-6-8-10-16)18(21)15-12-11-14(3)17(20)13-15/h6-13H,4-5H2,1-3H3. The van der Waals surface area contributed by atoms with E-state index in [1.807, 2.05) is 49.4 Å². The fourth-order valence-electron chi connectivity index (χ4n) is 2.88. The van der Waals surface area contributed by atoms with E-state index in [9.17, 15) is 4.79 Å². The Bertz CT molecular complexity index is 627. The highest BCUT2D eigenvalue weighted by atomic mass is 35.5. The molecule has 0 aromatic heterocycles. The number of ketones is 1. The van der Waals surface area contributed by atoms with Crippen LogP contribution in [-0.2, 0) is 5.41 Å². The fraction of sp³-hybridized carbons (Fsp3) is 0.316. The summed E-state index contributed by atoms with van der Waals surface area (Å²) in [6.45, 7) is 6.09. The summed E-state index contributed by atoms with van der Waals surface area (Å²) in [6, 6.07) is 15.6. The zero-order valence-corrected chi connectivity index (χ0v) is 13.6. The highest BCUT2D eigenvalue weighted by Crippen LogP contribution is 2.36. The lowest BCUT2D eigenvalue weighted by molar-refractivity contribution is 0.0873. The molecule has 2 heteroatoms. The van der Waals surface area contributed by atoms with E-state index in [2.05, 4.69) is 13.8 Å². The third-order valence-corrected chi connectivity index (χ3v) is 4.81. The van der Waals surface area contributed by atoms with Gasteiger partial charge in [-0.1, -0.05) is 67.9 Å². The predicted molar refractivity (Wildman–Crippen MR) is 89.2 cm³/mol. The average Bonchev–Trinajstić information content (AvgIpc) is 2.52. The summed E-state index contributed by atoms with van der Waals surface area (Å²) in [4.78, 5) is 13.1. The maximum Gasteiger partial charge on any atom is 0.173 e. The lowest BCUT2D eigenvalue weighted by atomic mass is 9.70. The third-order valence-electron chi connectivity index (χ3n) is 4.40. The molecule has 0 amide bonds. The normalized spacial score (nSPS) is 11.4. The van der Waals surface area contributed by atoms with Crippen LogP contribution < -0.4 is 0 Å². The van der Waals surface area contributed by atoms with Gasteiger partial charge < -0.3 is 0 Å². The SMILES string of the molecule is CCC(CC)(C(=O)c1ccc(C)c(Cl)c1)c1ccccc1. The lowest BCUT2D eigenvalue weighted by Crippen LogP contribution is -2.34. The summed E-state index contributed by atoms with van der Waals surface area (Å²) >= 11 is 6.19. The molecule has 21 heavy (non-hydrogen) atoms. The van der Waals surface area contributed by atoms with E-state index in [-0.39, 0.29) is 5.78 Å². The molecule has 0 fully saturated rings. The molecule has 0 heterocycles. The van der Waals surface area contributed by atoms with Crippen molar-refractivity contribution in [1.29, 1.82) is 0 Å². The lowest BCUT2D eigenvalue weighted by Gasteiger charge is -2.31. The number of rotatable bonds is 5. The van der Waals surface area contributed by atoms with Crippen LogP contribution in [0.3, 0.4) is 0 Å². The van der Waals surface area contributed by atoms with Gasteiger partial charge >= 0.3 is 0 Å². The minimum Gasteiger partial charge on any atom is -0.293 e. The second-order valence-corrected chi connectivity index (χ2v) is 5.86. The number of Topliss-reactive ketones (excluding diaryl/α,β-unsaturated/α-hetero) is 1. The van der Waals surface area contributed by atoms with Crippen molar-refractivity contribution < 1.29 is 4.79 Å². The number of hydrogen-bond acceptors (Lipinski definition) is 1. The van der Waals surface area contributed by atoms with Gasteiger partial charge in [-0.2, -0.15) is 0 Å². The van der Waals surface area contributed by atoms with Crippen molar-refractivity contribution in [3.05, 3.63) is 70.2 Å². The van der Waals surface area contributed by atoms with Crippen LogP contribution in [0, 0.1) is 6.92 Å². The number of aryl methyl sites for hydroxylation is 1. The highest BCUT2D eigenvalue weighted by Gasteiger charge is 2.37. The molecule has 2 aromatic carbocycles. The van der Waals surface area contributed by atoms with Gasteiger partial charge in [0.15, 0.2) is 5.78 Å². The molecule has 0 N–H and O–H groups in total. The van der Waals surface area contributed by atoms with E-state index in [4.69, 9.17) is 11.6 Å². The van der Waals surface area contributed by atoms with Gasteiger partial charge in [0.1, 0.15) is 0 Å². The predicted octanol–water partition coefficient (Wildman–Crippen LogP) is 5.59. The molecule has 1 nitrogen and oxygen atoms in total. The maximum atomic E-state index is 13.1. The van der Waals surface area contributed by atoms with E-state index in [1.54, 1.807) is 6.07 Å². The van der Waals surface area contributed by atoms with Crippen molar-refractivity contribution in [2.75, 3.05) is 0 Å². The first-order valence-corrected chi connectivity index (χ1v) is 7.79. The second-order valence-electron chi connectivity index (χ2n) is 5.45. The maximum absolute atomic E-state index is 13.1. The van der Waals surface area contributed by atoms with Crippen LogP contribution in [0.15, 0.2) is 48.5 Å². The molecular weight excluding hydrogens is 280 g/mol. The van der Waals surface area contributed by atoms with Crippen LogP contribution in [-0.4, -0.2) is 5.78 Å². The Hall–Kier alpha value is -1.60. The van der Waals surface area contributed by atoms with Gasteiger partial charge in [0.05, 0.1) is 5.41 Å². The summed E-state index contributed by atoms with van der Waals surface area (Å²) in [6.07, 6.45) is 1.55. The molecule has 0 spiro atoms. The minimum atomic E-state index is -0.472. The van der Waals surface area contributed by atoms with Crippen molar-refractivity contribution in [3.63, 3.8) is 0 Å². The first-order valence-electron chi connectivity index (χ1n) is 7.41. The molecule has 0 bridgehead atoms. The van der Waals surface area contributed by atoms with Gasteiger partial charge in [0.2, 0.25) is 0 Å². The molecule has 2 aromatic rings. The summed E-state index contributed by atoms with van der Waals surface area (Å²) in [7, 11) is 0. The minimum absolute atomic E-state index is 0.153. The highest BCUT2D eigenvalue weighted by molar-refractivity contribution is 6.31. The number of carbonyl (C=O) groups is 1. The van der Waals surface area contributed by atoms with Gasteiger partial charge in [-0.05, 0) is 37.0 Å². The topological polar surface area (TPSA) is 17.1 Å². The van der Waals surface area contributed by atoms with Crippen LogP contribution in [0.1, 0.15) is 48.2 Å². The van der Waals surface area contributed by atoms with Crippen LogP contribution in [0.2, 0.25) is 5.02 Å². The monoisotopic (exact) mass is 300 g/mol. The molecule has 0 aliphatic carbocycles. The van der Waals surface area contributed by atoms with E-state index in [1.165, 1.54) is 0 Å². The van der Waals surface area contributed by atoms with Gasteiger partial charge in [-0.25, -0.2) is 0 Å². The van der Waals surface area contributed by atoms with Crippen molar-refractivity contribution in [1.82, 2.24) is 0 Å². The molecule has 0 radical (unpaired) electrons. The zero-order chi connectivity index (χ0) is 15.5. The Kier molecular flexibility index (Phi) is 4.84. The van der Waals surface area contributed by atoms with Crippen molar-refractivity contribution in [3.8, 4) is 0 Å². The van der Waals surface area contributed by atoms with Crippen molar-refractivity contribution in [2.45, 2.75) is 39.0 Å². The molecule has 0 atom stereocenters. The van der Waals surface area contributed by atoms with Crippen LogP contribution >= 0.6 is 11.6 Å². The third kappa shape index (κ3) is 2.89. The molecule has 2 rings (SSSR count). The number of halogens is 1.